The Hall–Kier alpha value is 0.484. The number of allylic oxidation sites excluding steroid dienone is 4. The number of rotatable bonds is 0. The standard InChI is InChI=1S/C10H15Cl.Ti/c1-6-7(2)9(11)10(4,5)8(6)3;/h1-5H3;. The second-order valence-electron chi connectivity index (χ2n) is 3.81. The zero-order valence-electron chi connectivity index (χ0n) is 8.38. The van der Waals surface area contributed by atoms with Crippen LogP contribution in [0, 0.1) is 5.41 Å². The summed E-state index contributed by atoms with van der Waals surface area (Å²) < 4.78 is 0. The maximum Gasteiger partial charge on any atom is 0.0309 e. The molecule has 0 heterocycles. The molecule has 1 aliphatic rings. The molecule has 0 nitrogen and oxygen atoms in total. The molecule has 0 saturated carbocycles. The van der Waals surface area contributed by atoms with Crippen molar-refractivity contribution in [3.05, 3.63) is 21.8 Å². The molecule has 1 rings (SSSR count). The summed E-state index contributed by atoms with van der Waals surface area (Å²) in [7, 11) is 0. The van der Waals surface area contributed by atoms with Crippen molar-refractivity contribution in [2.75, 3.05) is 0 Å². The SMILES string of the molecule is CC1=C(C)C(C)(C)C(Cl)=C1C.[Ti]. The van der Waals surface area contributed by atoms with E-state index in [4.69, 9.17) is 11.6 Å². The summed E-state index contributed by atoms with van der Waals surface area (Å²) in [6, 6.07) is 0. The molecule has 0 fully saturated rings. The van der Waals surface area contributed by atoms with Gasteiger partial charge in [0.05, 0.1) is 0 Å². The van der Waals surface area contributed by atoms with Gasteiger partial charge in [0.25, 0.3) is 0 Å². The van der Waals surface area contributed by atoms with E-state index >= 15 is 0 Å². The normalized spacial score (nSPS) is 21.5. The summed E-state index contributed by atoms with van der Waals surface area (Å²) in [4.78, 5) is 0. The molecule has 0 radical (unpaired) electrons. The molecule has 0 N–H and O–H groups in total. The summed E-state index contributed by atoms with van der Waals surface area (Å²) in [5.74, 6) is 0. The fraction of sp³-hybridized carbons (Fsp3) is 0.600. The number of halogens is 1. The van der Waals surface area contributed by atoms with Crippen LogP contribution in [0.5, 0.6) is 0 Å². The van der Waals surface area contributed by atoms with Crippen LogP contribution in [0.15, 0.2) is 21.8 Å². The van der Waals surface area contributed by atoms with Crippen LogP contribution in [-0.2, 0) is 21.7 Å². The van der Waals surface area contributed by atoms with E-state index in [1.165, 1.54) is 16.7 Å². The van der Waals surface area contributed by atoms with Crippen LogP contribution in [0.4, 0.5) is 0 Å². The third-order valence-corrected chi connectivity index (χ3v) is 3.70. The molecule has 66 valence electrons. The molecule has 1 aliphatic carbocycles. The second kappa shape index (κ2) is 3.69. The van der Waals surface area contributed by atoms with Crippen LogP contribution < -0.4 is 0 Å². The van der Waals surface area contributed by atoms with Gasteiger partial charge in [0.15, 0.2) is 0 Å². The summed E-state index contributed by atoms with van der Waals surface area (Å²) in [6.07, 6.45) is 0. The molecule has 12 heavy (non-hydrogen) atoms. The first kappa shape index (κ1) is 12.5. The van der Waals surface area contributed by atoms with Crippen LogP contribution >= 0.6 is 11.6 Å². The molecule has 0 aromatic rings. The van der Waals surface area contributed by atoms with Gasteiger partial charge in [-0.1, -0.05) is 31.0 Å². The Morgan fingerprint density at radius 3 is 1.50 bits per heavy atom. The molecule has 0 atom stereocenters. The van der Waals surface area contributed by atoms with E-state index in [-0.39, 0.29) is 27.1 Å². The molecular weight excluding hydrogens is 203 g/mol. The fourth-order valence-electron chi connectivity index (χ4n) is 1.55. The Morgan fingerprint density at radius 1 is 1.00 bits per heavy atom. The average molecular weight is 219 g/mol. The molecular formula is C10H15ClTi. The second-order valence-corrected chi connectivity index (χ2v) is 4.19. The van der Waals surface area contributed by atoms with Crippen molar-refractivity contribution in [2.24, 2.45) is 5.41 Å². The fourth-order valence-corrected chi connectivity index (χ4v) is 1.83. The molecule has 0 unspecified atom stereocenters. The van der Waals surface area contributed by atoms with E-state index in [1.807, 2.05) is 0 Å². The minimum atomic E-state index is 0. The van der Waals surface area contributed by atoms with Crippen molar-refractivity contribution in [2.45, 2.75) is 34.6 Å². The van der Waals surface area contributed by atoms with Gasteiger partial charge < -0.3 is 0 Å². The minimum absolute atomic E-state index is 0. The Balaban J connectivity index is 0.00000121. The van der Waals surface area contributed by atoms with Gasteiger partial charge >= 0.3 is 0 Å². The Bertz CT molecular complexity index is 233. The van der Waals surface area contributed by atoms with Gasteiger partial charge in [0, 0.05) is 32.2 Å². The van der Waals surface area contributed by atoms with E-state index in [1.54, 1.807) is 0 Å². The predicted octanol–water partition coefficient (Wildman–Crippen LogP) is 3.87. The van der Waals surface area contributed by atoms with E-state index in [9.17, 15) is 0 Å². The summed E-state index contributed by atoms with van der Waals surface area (Å²) in [5, 5.41) is 1.01. The maximum absolute atomic E-state index is 6.18. The molecule has 0 aliphatic heterocycles. The first-order valence-electron chi connectivity index (χ1n) is 3.94. The van der Waals surface area contributed by atoms with Gasteiger partial charge in [-0.2, -0.15) is 0 Å². The van der Waals surface area contributed by atoms with E-state index in [2.05, 4.69) is 34.6 Å². The van der Waals surface area contributed by atoms with E-state index < -0.39 is 0 Å². The van der Waals surface area contributed by atoms with Crippen molar-refractivity contribution in [1.82, 2.24) is 0 Å². The number of hydrogen-bond donors (Lipinski definition) is 0. The van der Waals surface area contributed by atoms with Crippen molar-refractivity contribution in [3.8, 4) is 0 Å². The maximum atomic E-state index is 6.18. The smallest absolute Gasteiger partial charge is 0.0309 e. The number of hydrogen-bond acceptors (Lipinski definition) is 0. The molecule has 0 spiro atoms. The van der Waals surface area contributed by atoms with Gasteiger partial charge in [0.1, 0.15) is 0 Å². The van der Waals surface area contributed by atoms with E-state index in [0.29, 0.717) is 0 Å². The van der Waals surface area contributed by atoms with Gasteiger partial charge in [-0.05, 0) is 31.9 Å². The molecule has 0 bridgehead atoms. The molecule has 0 saturated heterocycles. The van der Waals surface area contributed by atoms with Crippen LogP contribution in [-0.4, -0.2) is 0 Å². The monoisotopic (exact) mass is 218 g/mol. The first-order chi connectivity index (χ1) is 4.89. The minimum Gasteiger partial charge on any atom is -0.0879 e. The van der Waals surface area contributed by atoms with Gasteiger partial charge in [-0.3, -0.25) is 0 Å². The van der Waals surface area contributed by atoms with Crippen molar-refractivity contribution in [1.29, 1.82) is 0 Å². The third-order valence-electron chi connectivity index (χ3n) is 2.94. The van der Waals surface area contributed by atoms with Crippen molar-refractivity contribution < 1.29 is 21.7 Å². The van der Waals surface area contributed by atoms with Gasteiger partial charge in [0.2, 0.25) is 0 Å². The molecule has 0 aromatic carbocycles. The molecule has 0 aromatic heterocycles. The Kier molecular flexibility index (Phi) is 3.84. The van der Waals surface area contributed by atoms with Gasteiger partial charge in [-0.15, -0.1) is 0 Å². The van der Waals surface area contributed by atoms with Crippen LogP contribution in [0.2, 0.25) is 0 Å². The predicted molar refractivity (Wildman–Crippen MR) is 50.7 cm³/mol. The molecule has 0 amide bonds. The Labute approximate surface area is 94.9 Å². The zero-order valence-corrected chi connectivity index (χ0v) is 10.7. The van der Waals surface area contributed by atoms with Gasteiger partial charge in [-0.25, -0.2) is 0 Å². The average Bonchev–Trinajstić information content (AvgIpc) is 2.06. The zero-order chi connectivity index (χ0) is 8.81. The van der Waals surface area contributed by atoms with Crippen molar-refractivity contribution in [3.63, 3.8) is 0 Å². The third kappa shape index (κ3) is 1.57. The van der Waals surface area contributed by atoms with E-state index in [0.717, 1.165) is 5.03 Å². The molecule has 2 heteroatoms. The van der Waals surface area contributed by atoms with Crippen LogP contribution in [0.25, 0.3) is 0 Å². The first-order valence-corrected chi connectivity index (χ1v) is 4.32. The summed E-state index contributed by atoms with van der Waals surface area (Å²) in [5.41, 5.74) is 4.10. The Morgan fingerprint density at radius 2 is 1.42 bits per heavy atom. The largest absolute Gasteiger partial charge is 0.0879 e. The van der Waals surface area contributed by atoms with Crippen LogP contribution in [0.3, 0.4) is 0 Å². The quantitative estimate of drug-likeness (QED) is 0.542. The topological polar surface area (TPSA) is 0 Å². The summed E-state index contributed by atoms with van der Waals surface area (Å²) in [6.45, 7) is 10.7. The van der Waals surface area contributed by atoms with Crippen molar-refractivity contribution >= 4 is 11.6 Å². The summed E-state index contributed by atoms with van der Waals surface area (Å²) >= 11 is 6.18. The van der Waals surface area contributed by atoms with Crippen LogP contribution in [0.1, 0.15) is 34.6 Å².